The van der Waals surface area contributed by atoms with Crippen LogP contribution in [0.5, 0.6) is 11.5 Å². The van der Waals surface area contributed by atoms with Gasteiger partial charge < -0.3 is 14.9 Å². The molecule has 3 nitrogen and oxygen atoms in total. The fourth-order valence-electron chi connectivity index (χ4n) is 2.07. The van der Waals surface area contributed by atoms with Gasteiger partial charge in [-0.2, -0.15) is 0 Å². The number of rotatable bonds is 5. The van der Waals surface area contributed by atoms with E-state index in [1.165, 1.54) is 0 Å². The van der Waals surface area contributed by atoms with Gasteiger partial charge in [0.15, 0.2) is 0 Å². The van der Waals surface area contributed by atoms with Crippen molar-refractivity contribution < 1.29 is 14.9 Å². The number of phenolic OH excluding ortho intramolecular Hbond substituents is 1. The predicted molar refractivity (Wildman–Crippen MR) is 84.3 cm³/mol. The first-order valence-electron chi connectivity index (χ1n) is 6.96. The lowest BCUT2D eigenvalue weighted by molar-refractivity contribution is 0.0467. The summed E-state index contributed by atoms with van der Waals surface area (Å²) in [6, 6.07) is 14.2. The highest BCUT2D eigenvalue weighted by molar-refractivity contribution is 5.50. The molecule has 0 heterocycles. The average molecular weight is 284 g/mol. The van der Waals surface area contributed by atoms with E-state index in [-0.39, 0.29) is 11.9 Å². The largest absolute Gasteiger partial charge is 0.508 e. The van der Waals surface area contributed by atoms with Crippen molar-refractivity contribution in [2.75, 3.05) is 0 Å². The summed E-state index contributed by atoms with van der Waals surface area (Å²) in [6.07, 6.45) is 2.86. The van der Waals surface area contributed by atoms with E-state index in [0.29, 0.717) is 11.3 Å². The van der Waals surface area contributed by atoms with E-state index in [1.54, 1.807) is 24.3 Å². The monoisotopic (exact) mass is 284 g/mol. The summed E-state index contributed by atoms with van der Waals surface area (Å²) in [6.45, 7) is 3.79. The number of hydrogen-bond donors (Lipinski definition) is 2. The third-order valence-electron chi connectivity index (χ3n) is 3.24. The Balaban J connectivity index is 2.02. The number of aliphatic hydroxyl groups excluding tert-OH is 1. The molecule has 3 heteroatoms. The van der Waals surface area contributed by atoms with Crippen molar-refractivity contribution in [3.8, 4) is 11.5 Å². The molecule has 2 aromatic rings. The molecule has 0 unspecified atom stereocenters. The topological polar surface area (TPSA) is 49.7 Å². The second-order valence-corrected chi connectivity index (χ2v) is 4.93. The lowest BCUT2D eigenvalue weighted by Gasteiger charge is -2.21. The van der Waals surface area contributed by atoms with Gasteiger partial charge in [-0.1, -0.05) is 36.4 Å². The average Bonchev–Trinajstić information content (AvgIpc) is 2.49. The van der Waals surface area contributed by atoms with Crippen molar-refractivity contribution in [2.24, 2.45) is 0 Å². The van der Waals surface area contributed by atoms with Crippen LogP contribution in [0.1, 0.15) is 31.1 Å². The van der Waals surface area contributed by atoms with E-state index in [9.17, 15) is 10.2 Å². The van der Waals surface area contributed by atoms with Gasteiger partial charge >= 0.3 is 0 Å². The predicted octanol–water partition coefficient (Wildman–Crippen LogP) is 3.93. The van der Waals surface area contributed by atoms with Gasteiger partial charge in [0.05, 0.1) is 0 Å². The van der Waals surface area contributed by atoms with Gasteiger partial charge in [0.1, 0.15) is 23.7 Å². The minimum absolute atomic E-state index is 0.180. The van der Waals surface area contributed by atoms with Gasteiger partial charge in [-0.05, 0) is 49.2 Å². The van der Waals surface area contributed by atoms with Crippen molar-refractivity contribution in [2.45, 2.75) is 26.1 Å². The van der Waals surface area contributed by atoms with Crippen molar-refractivity contribution in [1.29, 1.82) is 0 Å². The Morgan fingerprint density at radius 1 is 1.00 bits per heavy atom. The molecule has 0 aliphatic carbocycles. The van der Waals surface area contributed by atoms with Crippen LogP contribution in [0, 0.1) is 0 Å². The Bertz CT molecular complexity index is 585. The van der Waals surface area contributed by atoms with Gasteiger partial charge in [-0.3, -0.25) is 0 Å². The third-order valence-corrected chi connectivity index (χ3v) is 3.24. The van der Waals surface area contributed by atoms with Gasteiger partial charge in [0.25, 0.3) is 0 Å². The van der Waals surface area contributed by atoms with Crippen LogP contribution in [-0.4, -0.2) is 16.3 Å². The zero-order chi connectivity index (χ0) is 15.2. The summed E-state index contributed by atoms with van der Waals surface area (Å²) in [5, 5.41) is 19.5. The SMILES string of the molecule is CC=Cc1ccc(O[C@@H](C)[C@H](O)c2ccc(O)cc2)cc1. The number of aliphatic hydroxyl groups is 1. The summed E-state index contributed by atoms with van der Waals surface area (Å²) in [7, 11) is 0. The third kappa shape index (κ3) is 4.10. The number of hydrogen-bond acceptors (Lipinski definition) is 3. The van der Waals surface area contributed by atoms with Crippen molar-refractivity contribution in [1.82, 2.24) is 0 Å². The standard InChI is InChI=1S/C18H20O3/c1-3-4-14-5-11-17(12-6-14)21-13(2)18(20)15-7-9-16(19)10-8-15/h3-13,18-20H,1-2H3/t13-,18-/m0/s1. The molecule has 2 rings (SSSR count). The van der Waals surface area contributed by atoms with Gasteiger partial charge in [0.2, 0.25) is 0 Å². The molecule has 2 atom stereocenters. The minimum Gasteiger partial charge on any atom is -0.508 e. The zero-order valence-electron chi connectivity index (χ0n) is 12.2. The fraction of sp³-hybridized carbons (Fsp3) is 0.222. The van der Waals surface area contributed by atoms with Crippen LogP contribution in [0.4, 0.5) is 0 Å². The number of benzene rings is 2. The molecule has 110 valence electrons. The zero-order valence-corrected chi connectivity index (χ0v) is 12.2. The van der Waals surface area contributed by atoms with E-state index in [2.05, 4.69) is 0 Å². The number of allylic oxidation sites excluding steroid dienone is 1. The summed E-state index contributed by atoms with van der Waals surface area (Å²) in [5.74, 6) is 0.896. The van der Waals surface area contributed by atoms with Crippen LogP contribution in [0.2, 0.25) is 0 Å². The first-order valence-corrected chi connectivity index (χ1v) is 6.96. The highest BCUT2D eigenvalue weighted by atomic mass is 16.5. The van der Waals surface area contributed by atoms with Crippen LogP contribution in [0.15, 0.2) is 54.6 Å². The first-order chi connectivity index (χ1) is 10.1. The van der Waals surface area contributed by atoms with Crippen LogP contribution in [-0.2, 0) is 0 Å². The molecule has 0 spiro atoms. The Hall–Kier alpha value is -2.26. The van der Waals surface area contributed by atoms with E-state index >= 15 is 0 Å². The summed E-state index contributed by atoms with van der Waals surface area (Å²) in [4.78, 5) is 0. The lowest BCUT2D eigenvalue weighted by atomic mass is 10.1. The quantitative estimate of drug-likeness (QED) is 0.874. The second kappa shape index (κ2) is 6.95. The Kier molecular flexibility index (Phi) is 5.01. The number of phenols is 1. The minimum atomic E-state index is -0.749. The maximum atomic E-state index is 10.3. The maximum absolute atomic E-state index is 10.3. The molecule has 0 aliphatic rings. The molecule has 0 bridgehead atoms. The van der Waals surface area contributed by atoms with E-state index in [1.807, 2.05) is 50.3 Å². The molecular formula is C18H20O3. The van der Waals surface area contributed by atoms with E-state index in [4.69, 9.17) is 4.74 Å². The number of aromatic hydroxyl groups is 1. The van der Waals surface area contributed by atoms with Gasteiger partial charge in [-0.25, -0.2) is 0 Å². The molecule has 0 amide bonds. The fourth-order valence-corrected chi connectivity index (χ4v) is 2.07. The van der Waals surface area contributed by atoms with Gasteiger partial charge in [-0.15, -0.1) is 0 Å². The molecular weight excluding hydrogens is 264 g/mol. The maximum Gasteiger partial charge on any atom is 0.126 e. The first kappa shape index (κ1) is 15.1. The Morgan fingerprint density at radius 3 is 2.19 bits per heavy atom. The van der Waals surface area contributed by atoms with Gasteiger partial charge in [0, 0.05) is 0 Å². The van der Waals surface area contributed by atoms with E-state index < -0.39 is 6.10 Å². The highest BCUT2D eigenvalue weighted by Crippen LogP contribution is 2.23. The lowest BCUT2D eigenvalue weighted by Crippen LogP contribution is -2.21. The summed E-state index contributed by atoms with van der Waals surface area (Å²) < 4.78 is 5.76. The Morgan fingerprint density at radius 2 is 1.62 bits per heavy atom. The van der Waals surface area contributed by atoms with Crippen LogP contribution >= 0.6 is 0 Å². The highest BCUT2D eigenvalue weighted by Gasteiger charge is 2.18. The van der Waals surface area contributed by atoms with Crippen molar-refractivity contribution in [3.05, 3.63) is 65.7 Å². The molecule has 0 fully saturated rings. The molecule has 2 aromatic carbocycles. The molecule has 0 saturated heterocycles. The second-order valence-electron chi connectivity index (χ2n) is 4.93. The molecule has 0 saturated carbocycles. The van der Waals surface area contributed by atoms with Crippen LogP contribution in [0.3, 0.4) is 0 Å². The smallest absolute Gasteiger partial charge is 0.126 e. The molecule has 0 aromatic heterocycles. The number of ether oxygens (including phenoxy) is 1. The van der Waals surface area contributed by atoms with Crippen molar-refractivity contribution >= 4 is 6.08 Å². The summed E-state index contributed by atoms with van der Waals surface area (Å²) in [5.41, 5.74) is 1.82. The van der Waals surface area contributed by atoms with Crippen LogP contribution < -0.4 is 4.74 Å². The van der Waals surface area contributed by atoms with E-state index in [0.717, 1.165) is 5.56 Å². The molecule has 21 heavy (non-hydrogen) atoms. The molecule has 2 N–H and O–H groups in total. The summed E-state index contributed by atoms with van der Waals surface area (Å²) >= 11 is 0. The van der Waals surface area contributed by atoms with Crippen molar-refractivity contribution in [3.63, 3.8) is 0 Å². The molecule has 0 radical (unpaired) electrons. The molecule has 0 aliphatic heterocycles. The Labute approximate surface area is 125 Å². The van der Waals surface area contributed by atoms with Crippen LogP contribution in [0.25, 0.3) is 6.08 Å². The normalized spacial score (nSPS) is 14.0.